The minimum atomic E-state index is -0.192. The Labute approximate surface area is 146 Å². The van der Waals surface area contributed by atoms with Crippen molar-refractivity contribution in [2.45, 2.75) is 45.1 Å². The second-order valence-corrected chi connectivity index (χ2v) is 7.47. The average Bonchev–Trinajstić information content (AvgIpc) is 2.89. The molecule has 1 heterocycles. The summed E-state index contributed by atoms with van der Waals surface area (Å²) in [5.41, 5.74) is 1.41. The van der Waals surface area contributed by atoms with Gasteiger partial charge < -0.3 is 0 Å². The minimum absolute atomic E-state index is 0.0406. The fraction of sp³-hybridized carbons (Fsp3) is 0.421. The largest absolute Gasteiger partial charge is 0.298 e. The predicted molar refractivity (Wildman–Crippen MR) is 95.7 cm³/mol. The number of benzene rings is 1. The first-order valence-corrected chi connectivity index (χ1v) is 9.24. The van der Waals surface area contributed by atoms with Crippen LogP contribution in [0.5, 0.6) is 0 Å². The number of thioether (sulfide) groups is 1. The topological polar surface area (TPSA) is 54.5 Å². The van der Waals surface area contributed by atoms with Gasteiger partial charge >= 0.3 is 0 Å². The molecule has 5 heteroatoms. The van der Waals surface area contributed by atoms with E-state index in [0.29, 0.717) is 16.4 Å². The second-order valence-electron chi connectivity index (χ2n) is 6.47. The second kappa shape index (κ2) is 7.34. The Morgan fingerprint density at radius 1 is 1.08 bits per heavy atom. The van der Waals surface area contributed by atoms with E-state index in [1.807, 2.05) is 6.92 Å². The van der Waals surface area contributed by atoms with Gasteiger partial charge in [-0.25, -0.2) is 0 Å². The molecule has 126 valence electrons. The number of hydrogen-bond acceptors (Lipinski definition) is 4. The maximum atomic E-state index is 12.7. The Morgan fingerprint density at radius 3 is 2.33 bits per heavy atom. The number of nitrogens with zero attached hydrogens (tertiary/aromatic N) is 1. The fourth-order valence-electron chi connectivity index (χ4n) is 3.48. The van der Waals surface area contributed by atoms with E-state index in [0.717, 1.165) is 36.5 Å². The number of aldehydes is 1. The van der Waals surface area contributed by atoms with Crippen molar-refractivity contribution in [3.63, 3.8) is 0 Å². The van der Waals surface area contributed by atoms with Gasteiger partial charge in [0.2, 0.25) is 0 Å². The molecule has 0 bridgehead atoms. The molecule has 1 aromatic carbocycles. The van der Waals surface area contributed by atoms with Crippen LogP contribution in [-0.4, -0.2) is 28.4 Å². The first kappa shape index (κ1) is 17.0. The summed E-state index contributed by atoms with van der Waals surface area (Å²) in [7, 11) is 0. The van der Waals surface area contributed by atoms with E-state index in [4.69, 9.17) is 0 Å². The Balaban J connectivity index is 1.77. The third kappa shape index (κ3) is 3.46. The molecule has 1 aliphatic heterocycles. The quantitative estimate of drug-likeness (QED) is 0.596. The van der Waals surface area contributed by atoms with Crippen molar-refractivity contribution in [3.05, 3.63) is 40.3 Å². The Bertz CT molecular complexity index is 674. The van der Waals surface area contributed by atoms with Gasteiger partial charge in [-0.2, -0.15) is 0 Å². The van der Waals surface area contributed by atoms with Crippen molar-refractivity contribution in [2.75, 3.05) is 0 Å². The first-order valence-electron chi connectivity index (χ1n) is 8.42. The van der Waals surface area contributed by atoms with E-state index in [-0.39, 0.29) is 17.2 Å². The molecular formula is C19H21NO3S. The summed E-state index contributed by atoms with van der Waals surface area (Å²) in [6.45, 7) is 1.99. The SMILES string of the molecule is CC(C1CCCCC1)N1C(=O)S/C(=C\c2ccc(C=O)cc2)C1=O. The number of carbonyl (C=O) groups is 3. The highest BCUT2D eigenvalue weighted by Crippen LogP contribution is 2.37. The average molecular weight is 343 g/mol. The van der Waals surface area contributed by atoms with Gasteiger partial charge in [-0.3, -0.25) is 19.3 Å². The molecule has 1 saturated heterocycles. The maximum Gasteiger partial charge on any atom is 0.293 e. The lowest BCUT2D eigenvalue weighted by Crippen LogP contribution is -2.42. The van der Waals surface area contributed by atoms with Gasteiger partial charge in [-0.15, -0.1) is 0 Å². The molecule has 0 spiro atoms. The van der Waals surface area contributed by atoms with Crippen LogP contribution in [0.2, 0.25) is 0 Å². The van der Waals surface area contributed by atoms with Gasteiger partial charge in [-0.1, -0.05) is 43.5 Å². The predicted octanol–water partition coefficient (Wildman–Crippen LogP) is 4.50. The van der Waals surface area contributed by atoms with Crippen molar-refractivity contribution in [2.24, 2.45) is 5.92 Å². The summed E-state index contributed by atoms with van der Waals surface area (Å²) in [6.07, 6.45) is 8.32. The molecule has 24 heavy (non-hydrogen) atoms. The number of rotatable bonds is 4. The lowest BCUT2D eigenvalue weighted by Gasteiger charge is -2.32. The molecule has 0 aromatic heterocycles. The summed E-state index contributed by atoms with van der Waals surface area (Å²) in [6, 6.07) is 6.92. The van der Waals surface area contributed by atoms with Crippen LogP contribution < -0.4 is 0 Å². The zero-order valence-electron chi connectivity index (χ0n) is 13.7. The molecule has 3 rings (SSSR count). The van der Waals surface area contributed by atoms with E-state index in [1.165, 1.54) is 24.2 Å². The van der Waals surface area contributed by atoms with Crippen molar-refractivity contribution >= 4 is 35.3 Å². The van der Waals surface area contributed by atoms with Crippen LogP contribution in [0.1, 0.15) is 54.9 Å². The summed E-state index contributed by atoms with van der Waals surface area (Å²) in [4.78, 5) is 37.6. The van der Waals surface area contributed by atoms with Gasteiger partial charge in [0.25, 0.3) is 11.1 Å². The number of imide groups is 1. The molecule has 1 aromatic rings. The molecule has 1 saturated carbocycles. The molecule has 1 unspecified atom stereocenters. The van der Waals surface area contributed by atoms with Gasteiger partial charge in [0.1, 0.15) is 6.29 Å². The summed E-state index contributed by atoms with van der Waals surface area (Å²) >= 11 is 1.01. The van der Waals surface area contributed by atoms with Crippen molar-refractivity contribution in [1.29, 1.82) is 0 Å². The van der Waals surface area contributed by atoms with Crippen LogP contribution >= 0.6 is 11.8 Å². The monoisotopic (exact) mass is 343 g/mol. The van der Waals surface area contributed by atoms with Crippen molar-refractivity contribution in [3.8, 4) is 0 Å². The summed E-state index contributed by atoms with van der Waals surface area (Å²) in [5.74, 6) is 0.223. The lowest BCUT2D eigenvalue weighted by atomic mass is 9.84. The third-order valence-corrected chi connectivity index (χ3v) is 5.82. The zero-order chi connectivity index (χ0) is 17.1. The number of amides is 2. The highest BCUT2D eigenvalue weighted by molar-refractivity contribution is 8.18. The van der Waals surface area contributed by atoms with Crippen LogP contribution in [0, 0.1) is 5.92 Å². The van der Waals surface area contributed by atoms with Crippen LogP contribution in [0.4, 0.5) is 4.79 Å². The van der Waals surface area contributed by atoms with Crippen molar-refractivity contribution < 1.29 is 14.4 Å². The molecule has 2 fully saturated rings. The summed E-state index contributed by atoms with van der Waals surface area (Å²) < 4.78 is 0. The lowest BCUT2D eigenvalue weighted by molar-refractivity contribution is -0.125. The Morgan fingerprint density at radius 2 is 1.71 bits per heavy atom. The van der Waals surface area contributed by atoms with Crippen LogP contribution in [0.15, 0.2) is 29.2 Å². The first-order chi connectivity index (χ1) is 11.6. The van der Waals surface area contributed by atoms with E-state index >= 15 is 0 Å². The highest BCUT2D eigenvalue weighted by atomic mass is 32.2. The highest BCUT2D eigenvalue weighted by Gasteiger charge is 2.40. The maximum absolute atomic E-state index is 12.7. The van der Waals surface area contributed by atoms with Crippen molar-refractivity contribution in [1.82, 2.24) is 4.90 Å². The molecule has 2 amide bonds. The molecule has 1 atom stereocenters. The van der Waals surface area contributed by atoms with Gasteiger partial charge in [0, 0.05) is 11.6 Å². The Hall–Kier alpha value is -1.88. The Kier molecular flexibility index (Phi) is 5.19. The van der Waals surface area contributed by atoms with E-state index in [9.17, 15) is 14.4 Å². The molecular weight excluding hydrogens is 322 g/mol. The normalized spacial score (nSPS) is 22.2. The van der Waals surface area contributed by atoms with Gasteiger partial charge in [0.05, 0.1) is 4.91 Å². The van der Waals surface area contributed by atoms with Crippen LogP contribution in [0.25, 0.3) is 6.08 Å². The van der Waals surface area contributed by atoms with Gasteiger partial charge in [-0.05, 0) is 49.1 Å². The molecule has 1 aliphatic carbocycles. The van der Waals surface area contributed by atoms with Crippen LogP contribution in [0.3, 0.4) is 0 Å². The standard InChI is InChI=1S/C19H21NO3S/c1-13(16-5-3-2-4-6-16)20-18(22)17(24-19(20)23)11-14-7-9-15(12-21)10-8-14/h7-13,16H,2-6H2,1H3/b17-11-. The third-order valence-electron chi connectivity index (χ3n) is 4.93. The molecule has 2 aliphatic rings. The molecule has 0 radical (unpaired) electrons. The van der Waals surface area contributed by atoms with Crippen LogP contribution in [-0.2, 0) is 4.79 Å². The number of hydrogen-bond donors (Lipinski definition) is 0. The molecule has 0 N–H and O–H groups in total. The van der Waals surface area contributed by atoms with E-state index < -0.39 is 0 Å². The smallest absolute Gasteiger partial charge is 0.293 e. The zero-order valence-corrected chi connectivity index (χ0v) is 14.6. The van der Waals surface area contributed by atoms with E-state index in [2.05, 4.69) is 0 Å². The number of carbonyl (C=O) groups excluding carboxylic acids is 3. The summed E-state index contributed by atoms with van der Waals surface area (Å²) in [5, 5.41) is -0.172. The minimum Gasteiger partial charge on any atom is -0.298 e. The van der Waals surface area contributed by atoms with E-state index in [1.54, 1.807) is 30.3 Å². The fourth-order valence-corrected chi connectivity index (χ4v) is 4.40. The molecule has 4 nitrogen and oxygen atoms in total. The van der Waals surface area contributed by atoms with Gasteiger partial charge in [0.15, 0.2) is 0 Å².